The summed E-state index contributed by atoms with van der Waals surface area (Å²) in [6.45, 7) is 2.00. The molecule has 4 heteroatoms. The molecule has 1 aromatic rings. The van der Waals surface area contributed by atoms with Crippen LogP contribution in [0, 0.1) is 6.92 Å². The standard InChI is InChI=1S/C12H15NO2S/c1-9-3-2-4-10(7-9)13-12(11(14)15)5-6-16-8-12/h2-4,7,13H,5-6,8H2,1H3,(H,14,15). The minimum Gasteiger partial charge on any atom is -0.479 e. The average Bonchev–Trinajstić information content (AvgIpc) is 2.67. The zero-order valence-corrected chi connectivity index (χ0v) is 10.0. The molecule has 0 aromatic heterocycles. The number of carboxylic acid groups (broad SMARTS) is 1. The van der Waals surface area contributed by atoms with Crippen LogP contribution in [0.5, 0.6) is 0 Å². The van der Waals surface area contributed by atoms with Gasteiger partial charge in [-0.1, -0.05) is 12.1 Å². The number of benzene rings is 1. The lowest BCUT2D eigenvalue weighted by Crippen LogP contribution is -2.46. The summed E-state index contributed by atoms with van der Waals surface area (Å²) in [5.74, 6) is 0.792. The van der Waals surface area contributed by atoms with E-state index in [0.29, 0.717) is 12.2 Å². The summed E-state index contributed by atoms with van der Waals surface area (Å²) in [4.78, 5) is 11.3. The van der Waals surface area contributed by atoms with Gasteiger partial charge >= 0.3 is 5.97 Å². The number of carbonyl (C=O) groups is 1. The normalized spacial score (nSPS) is 24.3. The smallest absolute Gasteiger partial charge is 0.330 e. The number of anilines is 1. The maximum absolute atomic E-state index is 11.3. The van der Waals surface area contributed by atoms with Crippen molar-refractivity contribution in [1.29, 1.82) is 0 Å². The molecule has 1 saturated heterocycles. The van der Waals surface area contributed by atoms with Gasteiger partial charge in [0.2, 0.25) is 0 Å². The van der Waals surface area contributed by atoms with Crippen LogP contribution in [-0.2, 0) is 4.79 Å². The van der Waals surface area contributed by atoms with Gasteiger partial charge in [-0.2, -0.15) is 11.8 Å². The molecule has 1 heterocycles. The van der Waals surface area contributed by atoms with E-state index in [0.717, 1.165) is 17.0 Å². The van der Waals surface area contributed by atoms with E-state index in [1.165, 1.54) is 0 Å². The number of hydrogen-bond acceptors (Lipinski definition) is 3. The summed E-state index contributed by atoms with van der Waals surface area (Å²) >= 11 is 1.69. The van der Waals surface area contributed by atoms with Crippen molar-refractivity contribution in [3.8, 4) is 0 Å². The van der Waals surface area contributed by atoms with Crippen molar-refractivity contribution < 1.29 is 9.90 Å². The molecule has 3 nitrogen and oxygen atoms in total. The predicted molar refractivity (Wildman–Crippen MR) is 67.1 cm³/mol. The van der Waals surface area contributed by atoms with Crippen LogP contribution in [0.25, 0.3) is 0 Å². The Labute approximate surface area is 99.2 Å². The van der Waals surface area contributed by atoms with Gasteiger partial charge in [-0.3, -0.25) is 0 Å². The molecule has 2 N–H and O–H groups in total. The molecular weight excluding hydrogens is 222 g/mol. The van der Waals surface area contributed by atoms with Crippen molar-refractivity contribution in [3.63, 3.8) is 0 Å². The van der Waals surface area contributed by atoms with Gasteiger partial charge in [0.05, 0.1) is 0 Å². The van der Waals surface area contributed by atoms with E-state index in [1.54, 1.807) is 11.8 Å². The van der Waals surface area contributed by atoms with E-state index in [9.17, 15) is 9.90 Å². The lowest BCUT2D eigenvalue weighted by Gasteiger charge is -2.26. The SMILES string of the molecule is Cc1cccc(NC2(C(=O)O)CCSC2)c1. The molecule has 86 valence electrons. The highest BCUT2D eigenvalue weighted by Gasteiger charge is 2.41. The Kier molecular flexibility index (Phi) is 3.10. The van der Waals surface area contributed by atoms with Crippen molar-refractivity contribution in [3.05, 3.63) is 29.8 Å². The fourth-order valence-electron chi connectivity index (χ4n) is 1.88. The second-order valence-corrected chi connectivity index (χ2v) is 5.29. The Morgan fingerprint density at radius 3 is 2.94 bits per heavy atom. The number of aryl methyl sites for hydroxylation is 1. The second-order valence-electron chi connectivity index (χ2n) is 4.18. The minimum atomic E-state index is -0.779. The Balaban J connectivity index is 2.21. The summed E-state index contributed by atoms with van der Waals surface area (Å²) in [6.07, 6.45) is 0.681. The molecular formula is C12H15NO2S. The van der Waals surface area contributed by atoms with Crippen LogP contribution in [0.3, 0.4) is 0 Å². The van der Waals surface area contributed by atoms with Crippen LogP contribution in [0.1, 0.15) is 12.0 Å². The van der Waals surface area contributed by atoms with Gasteiger partial charge < -0.3 is 10.4 Å². The van der Waals surface area contributed by atoms with Crippen molar-refractivity contribution in [2.24, 2.45) is 0 Å². The Bertz CT molecular complexity index is 400. The van der Waals surface area contributed by atoms with Crippen LogP contribution in [0.15, 0.2) is 24.3 Å². The molecule has 1 fully saturated rings. The van der Waals surface area contributed by atoms with Gasteiger partial charge in [-0.05, 0) is 36.8 Å². The van der Waals surface area contributed by atoms with Crippen molar-refractivity contribution in [2.75, 3.05) is 16.8 Å². The molecule has 0 spiro atoms. The van der Waals surface area contributed by atoms with Crippen LogP contribution in [0.2, 0.25) is 0 Å². The first-order chi connectivity index (χ1) is 7.62. The van der Waals surface area contributed by atoms with Crippen molar-refractivity contribution >= 4 is 23.4 Å². The summed E-state index contributed by atoms with van der Waals surface area (Å²) < 4.78 is 0. The Morgan fingerprint density at radius 2 is 2.38 bits per heavy atom. The third-order valence-corrected chi connectivity index (χ3v) is 4.02. The third kappa shape index (κ3) is 2.16. The van der Waals surface area contributed by atoms with Gasteiger partial charge in [0.25, 0.3) is 0 Å². The number of thioether (sulfide) groups is 1. The maximum Gasteiger partial charge on any atom is 0.330 e. The van der Waals surface area contributed by atoms with E-state index < -0.39 is 11.5 Å². The van der Waals surface area contributed by atoms with Crippen LogP contribution < -0.4 is 5.32 Å². The van der Waals surface area contributed by atoms with E-state index >= 15 is 0 Å². The molecule has 1 atom stereocenters. The van der Waals surface area contributed by atoms with Crippen molar-refractivity contribution in [2.45, 2.75) is 18.9 Å². The molecule has 0 saturated carbocycles. The lowest BCUT2D eigenvalue weighted by molar-refractivity contribution is -0.141. The molecule has 0 aliphatic carbocycles. The highest BCUT2D eigenvalue weighted by atomic mass is 32.2. The van der Waals surface area contributed by atoms with Gasteiger partial charge in [-0.15, -0.1) is 0 Å². The minimum absolute atomic E-state index is 0.635. The monoisotopic (exact) mass is 237 g/mol. The Morgan fingerprint density at radius 1 is 1.56 bits per heavy atom. The molecule has 0 radical (unpaired) electrons. The summed E-state index contributed by atoms with van der Waals surface area (Å²) in [5.41, 5.74) is 1.25. The largest absolute Gasteiger partial charge is 0.479 e. The summed E-state index contributed by atoms with van der Waals surface area (Å²) in [7, 11) is 0. The fraction of sp³-hybridized carbons (Fsp3) is 0.417. The zero-order valence-electron chi connectivity index (χ0n) is 9.19. The molecule has 1 aliphatic heterocycles. The van der Waals surface area contributed by atoms with Crippen LogP contribution in [0.4, 0.5) is 5.69 Å². The zero-order chi connectivity index (χ0) is 11.6. The maximum atomic E-state index is 11.3. The number of rotatable bonds is 3. The molecule has 16 heavy (non-hydrogen) atoms. The molecule has 1 aromatic carbocycles. The van der Waals surface area contributed by atoms with Gasteiger partial charge in [0.1, 0.15) is 5.54 Å². The molecule has 2 rings (SSSR count). The summed E-state index contributed by atoms with van der Waals surface area (Å²) in [5, 5.41) is 12.5. The Hall–Kier alpha value is -1.16. The first kappa shape index (κ1) is 11.3. The van der Waals surface area contributed by atoms with Crippen LogP contribution in [-0.4, -0.2) is 28.1 Å². The highest BCUT2D eigenvalue weighted by molar-refractivity contribution is 7.99. The molecule has 0 bridgehead atoms. The van der Waals surface area contributed by atoms with E-state index in [2.05, 4.69) is 5.32 Å². The second kappa shape index (κ2) is 4.37. The van der Waals surface area contributed by atoms with E-state index in [-0.39, 0.29) is 0 Å². The van der Waals surface area contributed by atoms with Gasteiger partial charge in [0.15, 0.2) is 0 Å². The molecule has 1 aliphatic rings. The number of nitrogens with one attached hydrogen (secondary N) is 1. The first-order valence-electron chi connectivity index (χ1n) is 5.28. The van der Waals surface area contributed by atoms with Crippen molar-refractivity contribution in [1.82, 2.24) is 0 Å². The fourth-order valence-corrected chi connectivity index (χ4v) is 3.21. The number of hydrogen-bond donors (Lipinski definition) is 2. The average molecular weight is 237 g/mol. The first-order valence-corrected chi connectivity index (χ1v) is 6.44. The van der Waals surface area contributed by atoms with Gasteiger partial charge in [0, 0.05) is 11.4 Å². The molecule has 1 unspecified atom stereocenters. The van der Waals surface area contributed by atoms with Crippen LogP contribution >= 0.6 is 11.8 Å². The van der Waals surface area contributed by atoms with Gasteiger partial charge in [-0.25, -0.2) is 4.79 Å². The third-order valence-electron chi connectivity index (χ3n) is 2.83. The quantitative estimate of drug-likeness (QED) is 0.847. The predicted octanol–water partition coefficient (Wildman–Crippen LogP) is 2.37. The lowest BCUT2D eigenvalue weighted by atomic mass is 9.98. The highest BCUT2D eigenvalue weighted by Crippen LogP contribution is 2.31. The van der Waals surface area contributed by atoms with E-state index in [1.807, 2.05) is 31.2 Å². The topological polar surface area (TPSA) is 49.3 Å². The summed E-state index contributed by atoms with van der Waals surface area (Å²) in [6, 6.07) is 7.84. The number of aliphatic carboxylic acids is 1. The van der Waals surface area contributed by atoms with E-state index in [4.69, 9.17) is 0 Å². The number of carboxylic acids is 1. The molecule has 0 amide bonds.